The van der Waals surface area contributed by atoms with Gasteiger partial charge >= 0.3 is 12.1 Å². The van der Waals surface area contributed by atoms with Gasteiger partial charge in [-0.25, -0.2) is 14.0 Å². The summed E-state index contributed by atoms with van der Waals surface area (Å²) in [4.78, 5) is 41.6. The Labute approximate surface area is 224 Å². The number of ether oxygens (including phenoxy) is 1. The summed E-state index contributed by atoms with van der Waals surface area (Å²) in [6.45, 7) is 15.5. The molecule has 9 nitrogen and oxygen atoms in total. The Balaban J connectivity index is 1.71. The topological polar surface area (TPSA) is 106 Å². The van der Waals surface area contributed by atoms with Crippen molar-refractivity contribution in [2.45, 2.75) is 90.6 Å². The van der Waals surface area contributed by atoms with E-state index in [-0.39, 0.29) is 30.6 Å². The molecule has 1 aliphatic heterocycles. The van der Waals surface area contributed by atoms with E-state index in [2.05, 4.69) is 35.4 Å². The molecule has 206 valence electrons. The second-order valence-electron chi connectivity index (χ2n) is 11.9. The van der Waals surface area contributed by atoms with Gasteiger partial charge in [-0.05, 0) is 58.6 Å². The molecule has 0 saturated heterocycles. The number of urea groups is 1. The van der Waals surface area contributed by atoms with Crippen molar-refractivity contribution in [1.29, 1.82) is 0 Å². The van der Waals surface area contributed by atoms with E-state index in [1.165, 1.54) is 4.90 Å². The number of hydrogen-bond acceptors (Lipinski definition) is 5. The number of anilines is 2. The van der Waals surface area contributed by atoms with E-state index in [4.69, 9.17) is 4.74 Å². The average Bonchev–Trinajstić information content (AvgIpc) is 3.26. The first kappa shape index (κ1) is 27.8. The van der Waals surface area contributed by atoms with Gasteiger partial charge in [-0.3, -0.25) is 4.79 Å². The van der Waals surface area contributed by atoms with Crippen LogP contribution in [-0.2, 0) is 21.6 Å². The molecule has 0 unspecified atom stereocenters. The van der Waals surface area contributed by atoms with Crippen LogP contribution in [0.5, 0.6) is 0 Å². The molecule has 3 amide bonds. The average molecular weight is 544 g/mol. The molecule has 1 aliphatic carbocycles. The third kappa shape index (κ3) is 4.30. The molecular formula is C27H38FN5O4Si. The van der Waals surface area contributed by atoms with Crippen LogP contribution in [0, 0.1) is 19.7 Å². The molecule has 0 spiro atoms. The van der Waals surface area contributed by atoms with Gasteiger partial charge in [0.05, 0.1) is 38.1 Å². The minimum atomic E-state index is -1.89. The number of nitrogens with zero attached hydrogens (tertiary/aromatic N) is 3. The summed E-state index contributed by atoms with van der Waals surface area (Å²) >= 11 is 0. The molecule has 38 heavy (non-hydrogen) atoms. The molecule has 1 saturated carbocycles. The quantitative estimate of drug-likeness (QED) is 0.442. The number of nitrogens with one attached hydrogen (secondary N) is 2. The third-order valence-electron chi connectivity index (χ3n) is 8.32. The smallest absolute Gasteiger partial charge is 0.436 e. The Morgan fingerprint density at radius 1 is 1.11 bits per heavy atom. The van der Waals surface area contributed by atoms with Gasteiger partial charge < -0.3 is 20.3 Å². The number of aryl methyl sites for hydroxylation is 2. The zero-order valence-corrected chi connectivity index (χ0v) is 24.5. The molecule has 1 aromatic carbocycles. The first-order valence-electron chi connectivity index (χ1n) is 13.1. The van der Waals surface area contributed by atoms with Crippen LogP contribution < -0.4 is 10.6 Å². The van der Waals surface area contributed by atoms with Gasteiger partial charge in [0.25, 0.3) is 0 Å². The SMILES string of the molecule is CCOC(=O)n1nc2c(c1NC(=O)C1([Si](C)(C)C)CCC1)CN(C(=O)Nc1c(C)ccc(C)c1F)C2(C)C. The molecule has 2 N–H and O–H groups in total. The van der Waals surface area contributed by atoms with E-state index >= 15 is 0 Å². The number of benzene rings is 1. The molecule has 0 atom stereocenters. The fourth-order valence-corrected chi connectivity index (χ4v) is 8.12. The number of fused-ring (bicyclic) bond motifs is 1. The van der Waals surface area contributed by atoms with Crippen molar-refractivity contribution in [2.75, 3.05) is 17.2 Å². The van der Waals surface area contributed by atoms with E-state index in [0.29, 0.717) is 22.4 Å². The molecule has 2 heterocycles. The fraction of sp³-hybridized carbons (Fsp3) is 0.556. The summed E-state index contributed by atoms with van der Waals surface area (Å²) in [6, 6.07) is 2.92. The summed E-state index contributed by atoms with van der Waals surface area (Å²) in [5.41, 5.74) is 1.26. The summed E-state index contributed by atoms with van der Waals surface area (Å²) in [5, 5.41) is 9.85. The molecule has 11 heteroatoms. The Morgan fingerprint density at radius 3 is 2.29 bits per heavy atom. The highest BCUT2D eigenvalue weighted by molar-refractivity contribution is 6.83. The summed E-state index contributed by atoms with van der Waals surface area (Å²) in [6.07, 6.45) is 1.91. The van der Waals surface area contributed by atoms with E-state index in [0.717, 1.165) is 23.9 Å². The van der Waals surface area contributed by atoms with Gasteiger partial charge in [-0.2, -0.15) is 5.10 Å². The van der Waals surface area contributed by atoms with Crippen molar-refractivity contribution in [3.63, 3.8) is 0 Å². The maximum absolute atomic E-state index is 14.8. The summed E-state index contributed by atoms with van der Waals surface area (Å²) in [5.74, 6) is -0.366. The molecule has 1 aromatic heterocycles. The number of aromatic nitrogens is 2. The normalized spacial score (nSPS) is 17.4. The highest BCUT2D eigenvalue weighted by Crippen LogP contribution is 2.56. The number of carbonyl (C=O) groups excluding carboxylic acids is 3. The van der Waals surface area contributed by atoms with Gasteiger partial charge in [0, 0.05) is 10.6 Å². The van der Waals surface area contributed by atoms with Gasteiger partial charge in [-0.1, -0.05) is 38.2 Å². The van der Waals surface area contributed by atoms with Crippen LogP contribution in [0.1, 0.15) is 62.4 Å². The minimum Gasteiger partial charge on any atom is -0.448 e. The molecule has 0 bridgehead atoms. The lowest BCUT2D eigenvalue weighted by atomic mass is 9.83. The Hall–Kier alpha value is -3.21. The number of carbonyl (C=O) groups is 3. The van der Waals surface area contributed by atoms with Crippen molar-refractivity contribution in [3.05, 3.63) is 40.3 Å². The molecule has 2 aromatic rings. The lowest BCUT2D eigenvalue weighted by Gasteiger charge is -2.48. The Morgan fingerprint density at radius 2 is 1.74 bits per heavy atom. The predicted octanol–water partition coefficient (Wildman–Crippen LogP) is 6.13. The maximum atomic E-state index is 14.8. The van der Waals surface area contributed by atoms with Crippen molar-refractivity contribution in [3.8, 4) is 0 Å². The van der Waals surface area contributed by atoms with Gasteiger partial charge in [0.15, 0.2) is 0 Å². The highest BCUT2D eigenvalue weighted by Gasteiger charge is 2.54. The lowest BCUT2D eigenvalue weighted by Crippen LogP contribution is -2.52. The van der Waals surface area contributed by atoms with E-state index in [1.54, 1.807) is 32.9 Å². The lowest BCUT2D eigenvalue weighted by molar-refractivity contribution is -0.121. The summed E-state index contributed by atoms with van der Waals surface area (Å²) in [7, 11) is -1.89. The number of halogens is 1. The van der Waals surface area contributed by atoms with Crippen LogP contribution in [0.2, 0.25) is 24.7 Å². The maximum Gasteiger partial charge on any atom is 0.436 e. The fourth-order valence-electron chi connectivity index (χ4n) is 5.53. The van der Waals surface area contributed by atoms with E-state index in [1.807, 2.05) is 13.8 Å². The molecule has 1 fully saturated rings. The van der Waals surface area contributed by atoms with Gasteiger partial charge in [0.1, 0.15) is 11.6 Å². The van der Waals surface area contributed by atoms with Crippen molar-refractivity contribution in [2.24, 2.45) is 0 Å². The van der Waals surface area contributed by atoms with Crippen molar-refractivity contribution < 1.29 is 23.5 Å². The van der Waals surface area contributed by atoms with Crippen LogP contribution in [0.25, 0.3) is 0 Å². The Kier molecular flexibility index (Phi) is 6.96. The summed E-state index contributed by atoms with van der Waals surface area (Å²) < 4.78 is 21.2. The standard InChI is InChI=1S/C27H38FN5O4Si/c1-9-37-25(36)33-22(30-23(34)27(13-10-14-27)38(6,7)8)18-15-32(26(4,5)21(18)31-33)24(35)29-20-17(3)12-11-16(2)19(20)28/h11-12H,9-10,13-15H2,1-8H3,(H,29,35)(H,30,34). The number of hydrogen-bond donors (Lipinski definition) is 2. The van der Waals surface area contributed by atoms with E-state index < -0.39 is 36.6 Å². The predicted molar refractivity (Wildman–Crippen MR) is 147 cm³/mol. The second-order valence-corrected chi connectivity index (χ2v) is 17.3. The van der Waals surface area contributed by atoms with Gasteiger partial charge in [-0.15, -0.1) is 4.68 Å². The van der Waals surface area contributed by atoms with Crippen molar-refractivity contribution >= 4 is 37.6 Å². The number of rotatable bonds is 5. The first-order valence-corrected chi connectivity index (χ1v) is 16.6. The highest BCUT2D eigenvalue weighted by atomic mass is 28.3. The minimum absolute atomic E-state index is 0.0790. The van der Waals surface area contributed by atoms with Crippen LogP contribution in [0.4, 0.5) is 25.5 Å². The molecule has 0 radical (unpaired) electrons. The zero-order valence-electron chi connectivity index (χ0n) is 23.5. The molecular weight excluding hydrogens is 505 g/mol. The van der Waals surface area contributed by atoms with Crippen LogP contribution in [0.3, 0.4) is 0 Å². The molecule has 2 aliphatic rings. The van der Waals surface area contributed by atoms with Gasteiger partial charge in [0.2, 0.25) is 5.91 Å². The largest absolute Gasteiger partial charge is 0.448 e. The van der Waals surface area contributed by atoms with Crippen molar-refractivity contribution in [1.82, 2.24) is 14.7 Å². The first-order chi connectivity index (χ1) is 17.7. The van der Waals surface area contributed by atoms with E-state index in [9.17, 15) is 18.8 Å². The van der Waals surface area contributed by atoms with Crippen LogP contribution in [-0.4, -0.2) is 47.4 Å². The molecule has 4 rings (SSSR count). The van der Waals surface area contributed by atoms with Crippen LogP contribution >= 0.6 is 0 Å². The third-order valence-corrected chi connectivity index (χ3v) is 11.9. The number of amides is 3. The monoisotopic (exact) mass is 543 g/mol. The zero-order chi connectivity index (χ0) is 28.2. The van der Waals surface area contributed by atoms with Crippen LogP contribution in [0.15, 0.2) is 12.1 Å². The Bertz CT molecular complexity index is 1310. The second kappa shape index (κ2) is 9.51.